The number of carbonyl (C=O) groups excluding carboxylic acids is 1. The number of rotatable bonds is 5. The fraction of sp³-hybridized carbons (Fsp3) is 0.0526. The number of amides is 1. The molecule has 4 aromatic rings. The van der Waals surface area contributed by atoms with E-state index in [0.717, 1.165) is 25.9 Å². The van der Waals surface area contributed by atoms with Crippen LogP contribution in [-0.2, 0) is 6.54 Å². The Bertz CT molecular complexity index is 1080. The summed E-state index contributed by atoms with van der Waals surface area (Å²) in [7, 11) is 0. The molecule has 0 bridgehead atoms. The molecule has 2 aromatic heterocycles. The van der Waals surface area contributed by atoms with E-state index in [-0.39, 0.29) is 5.91 Å². The first-order valence-electron chi connectivity index (χ1n) is 8.03. The number of thiazole rings is 1. The minimum Gasteiger partial charge on any atom is -0.347 e. The number of nitrogens with one attached hydrogen (secondary N) is 2. The van der Waals surface area contributed by atoms with Gasteiger partial charge in [-0.3, -0.25) is 4.79 Å². The maximum Gasteiger partial charge on any atom is 0.261 e. The third-order valence-corrected chi connectivity index (χ3v) is 6.58. The van der Waals surface area contributed by atoms with Gasteiger partial charge in [0.15, 0.2) is 5.13 Å². The third kappa shape index (κ3) is 4.25. The van der Waals surface area contributed by atoms with E-state index in [9.17, 15) is 4.79 Å². The van der Waals surface area contributed by atoms with Crippen molar-refractivity contribution in [1.29, 1.82) is 0 Å². The van der Waals surface area contributed by atoms with Crippen LogP contribution in [0.25, 0.3) is 9.53 Å². The van der Waals surface area contributed by atoms with Crippen LogP contribution in [0.3, 0.4) is 0 Å². The van der Waals surface area contributed by atoms with Crippen molar-refractivity contribution in [3.63, 3.8) is 0 Å². The van der Waals surface area contributed by atoms with Crippen LogP contribution in [0.2, 0.25) is 10.0 Å². The minimum absolute atomic E-state index is 0.145. The first-order valence-corrected chi connectivity index (χ1v) is 10.4. The number of hydrogen-bond donors (Lipinski definition) is 2. The number of thiophene rings is 1. The largest absolute Gasteiger partial charge is 0.347 e. The maximum atomic E-state index is 12.4. The quantitative estimate of drug-likeness (QED) is 0.386. The van der Waals surface area contributed by atoms with Crippen LogP contribution in [-0.4, -0.2) is 10.9 Å². The van der Waals surface area contributed by atoms with Gasteiger partial charge in [0.2, 0.25) is 0 Å². The Morgan fingerprint density at radius 2 is 1.85 bits per heavy atom. The number of nitrogens with zero attached hydrogens (tertiary/aromatic N) is 1. The second-order valence-electron chi connectivity index (χ2n) is 5.71. The molecule has 0 spiro atoms. The molecule has 0 radical (unpaired) electrons. The van der Waals surface area contributed by atoms with Crippen molar-refractivity contribution in [3.8, 4) is 0 Å². The summed E-state index contributed by atoms with van der Waals surface area (Å²) in [5.41, 5.74) is 2.62. The van der Waals surface area contributed by atoms with Crippen LogP contribution >= 0.6 is 45.9 Å². The smallest absolute Gasteiger partial charge is 0.261 e. The van der Waals surface area contributed by atoms with E-state index in [1.165, 1.54) is 22.7 Å². The van der Waals surface area contributed by atoms with Gasteiger partial charge in [-0.15, -0.1) is 11.3 Å². The molecule has 2 aromatic carbocycles. The van der Waals surface area contributed by atoms with Crippen molar-refractivity contribution in [2.24, 2.45) is 0 Å². The standard InChI is InChI=1S/C19H13Cl2N3OS2/c20-12-7-6-11(14(21)8-12)10-22-17(25)16-9-15-18(26-16)27-19(24-15)23-13-4-2-1-3-5-13/h1-9H,10H2,(H,22,25)(H,23,24). The zero-order valence-electron chi connectivity index (χ0n) is 13.8. The summed E-state index contributed by atoms with van der Waals surface area (Å²) < 4.78 is 1.00. The van der Waals surface area contributed by atoms with Crippen molar-refractivity contribution in [3.05, 3.63) is 75.1 Å². The monoisotopic (exact) mass is 433 g/mol. The number of aromatic nitrogens is 1. The number of anilines is 2. The van der Waals surface area contributed by atoms with Crippen LogP contribution < -0.4 is 10.6 Å². The van der Waals surface area contributed by atoms with Crippen molar-refractivity contribution in [2.75, 3.05) is 5.32 Å². The lowest BCUT2D eigenvalue weighted by molar-refractivity contribution is 0.0955. The third-order valence-electron chi connectivity index (χ3n) is 3.79. The first-order chi connectivity index (χ1) is 13.1. The van der Waals surface area contributed by atoms with Gasteiger partial charge in [0.1, 0.15) is 4.01 Å². The molecule has 0 saturated heterocycles. The number of halogens is 2. The first kappa shape index (κ1) is 18.3. The van der Waals surface area contributed by atoms with Gasteiger partial charge in [-0.1, -0.05) is 58.8 Å². The fourth-order valence-electron chi connectivity index (χ4n) is 2.47. The second kappa shape index (κ2) is 7.86. The fourth-order valence-corrected chi connectivity index (χ4v) is 5.06. The van der Waals surface area contributed by atoms with E-state index in [2.05, 4.69) is 15.6 Å². The Morgan fingerprint density at radius 1 is 1.04 bits per heavy atom. The molecule has 1 amide bonds. The van der Waals surface area contributed by atoms with Gasteiger partial charge in [-0.25, -0.2) is 4.98 Å². The summed E-state index contributed by atoms with van der Waals surface area (Å²) >= 11 is 15.0. The van der Waals surface area contributed by atoms with Crippen LogP contribution in [0.5, 0.6) is 0 Å². The van der Waals surface area contributed by atoms with Gasteiger partial charge in [-0.05, 0) is 35.9 Å². The lowest BCUT2D eigenvalue weighted by Gasteiger charge is -2.06. The van der Waals surface area contributed by atoms with Crippen molar-refractivity contribution < 1.29 is 4.79 Å². The number of fused-ring (bicyclic) bond motifs is 1. The molecule has 0 unspecified atom stereocenters. The SMILES string of the molecule is O=C(NCc1ccc(Cl)cc1Cl)c1cc2nc(Nc3ccccc3)sc2s1. The van der Waals surface area contributed by atoms with E-state index in [1.54, 1.807) is 18.2 Å². The number of hydrogen-bond acceptors (Lipinski definition) is 5. The summed E-state index contributed by atoms with van der Waals surface area (Å²) in [4.78, 5) is 17.6. The molecule has 0 saturated carbocycles. The molecular formula is C19H13Cl2N3OS2. The Labute approximate surface area is 173 Å². The molecule has 2 N–H and O–H groups in total. The predicted molar refractivity (Wildman–Crippen MR) is 115 cm³/mol. The highest BCUT2D eigenvalue weighted by atomic mass is 35.5. The number of para-hydroxylation sites is 1. The average molecular weight is 434 g/mol. The lowest BCUT2D eigenvalue weighted by atomic mass is 10.2. The lowest BCUT2D eigenvalue weighted by Crippen LogP contribution is -2.21. The summed E-state index contributed by atoms with van der Waals surface area (Å²) in [5.74, 6) is -0.145. The van der Waals surface area contributed by atoms with Gasteiger partial charge in [0, 0.05) is 22.3 Å². The van der Waals surface area contributed by atoms with Crippen molar-refractivity contribution in [1.82, 2.24) is 10.3 Å². The molecule has 2 heterocycles. The topological polar surface area (TPSA) is 54.0 Å². The Morgan fingerprint density at radius 3 is 2.59 bits per heavy atom. The van der Waals surface area contributed by atoms with E-state index in [4.69, 9.17) is 23.2 Å². The average Bonchev–Trinajstić information content (AvgIpc) is 3.20. The highest BCUT2D eigenvalue weighted by molar-refractivity contribution is 7.40. The molecular weight excluding hydrogens is 421 g/mol. The van der Waals surface area contributed by atoms with Crippen LogP contribution in [0.15, 0.2) is 54.6 Å². The molecule has 136 valence electrons. The molecule has 0 aliphatic heterocycles. The minimum atomic E-state index is -0.145. The number of benzene rings is 2. The van der Waals surface area contributed by atoms with Crippen molar-refractivity contribution >= 4 is 72.1 Å². The highest BCUT2D eigenvalue weighted by Gasteiger charge is 2.14. The van der Waals surface area contributed by atoms with Crippen LogP contribution in [0, 0.1) is 0 Å². The Balaban J connectivity index is 1.44. The molecule has 27 heavy (non-hydrogen) atoms. The van der Waals surface area contributed by atoms with E-state index in [1.807, 2.05) is 36.4 Å². The predicted octanol–water partition coefficient (Wildman–Crippen LogP) is 6.34. The van der Waals surface area contributed by atoms with Crippen LogP contribution in [0.1, 0.15) is 15.2 Å². The highest BCUT2D eigenvalue weighted by Crippen LogP contribution is 2.34. The van der Waals surface area contributed by atoms with Gasteiger partial charge >= 0.3 is 0 Å². The molecule has 0 atom stereocenters. The van der Waals surface area contributed by atoms with Gasteiger partial charge < -0.3 is 10.6 Å². The van der Waals surface area contributed by atoms with Crippen LogP contribution in [0.4, 0.5) is 10.8 Å². The van der Waals surface area contributed by atoms with Crippen molar-refractivity contribution in [2.45, 2.75) is 6.54 Å². The summed E-state index contributed by atoms with van der Waals surface area (Å²) in [6, 6.07) is 16.9. The molecule has 0 aliphatic rings. The molecule has 4 rings (SSSR count). The van der Waals surface area contributed by atoms with Gasteiger partial charge in [0.05, 0.1) is 10.4 Å². The molecule has 0 fully saturated rings. The Hall–Kier alpha value is -2.12. The van der Waals surface area contributed by atoms with E-state index < -0.39 is 0 Å². The maximum absolute atomic E-state index is 12.4. The van der Waals surface area contributed by atoms with E-state index in [0.29, 0.717) is 21.5 Å². The molecule has 4 nitrogen and oxygen atoms in total. The number of carbonyl (C=O) groups is 1. The summed E-state index contributed by atoms with van der Waals surface area (Å²) in [5, 5.41) is 8.07. The summed E-state index contributed by atoms with van der Waals surface area (Å²) in [6.45, 7) is 0.342. The molecule has 8 heteroatoms. The van der Waals surface area contributed by atoms with E-state index >= 15 is 0 Å². The molecule has 0 aliphatic carbocycles. The Kier molecular flexibility index (Phi) is 5.31. The zero-order valence-corrected chi connectivity index (χ0v) is 17.0. The zero-order chi connectivity index (χ0) is 18.8. The summed E-state index contributed by atoms with van der Waals surface area (Å²) in [6.07, 6.45) is 0. The van der Waals surface area contributed by atoms with Gasteiger partial charge in [0.25, 0.3) is 5.91 Å². The normalized spacial score (nSPS) is 10.9. The second-order valence-corrected chi connectivity index (χ2v) is 8.87. The van der Waals surface area contributed by atoms with Gasteiger partial charge in [-0.2, -0.15) is 0 Å².